The lowest BCUT2D eigenvalue weighted by Crippen LogP contribution is -2.49. The van der Waals surface area contributed by atoms with Gasteiger partial charge in [0.05, 0.1) is 19.2 Å². The lowest BCUT2D eigenvalue weighted by molar-refractivity contribution is -0.139. The molecule has 46 heavy (non-hydrogen) atoms. The maximum atomic E-state index is 13.8. The van der Waals surface area contributed by atoms with Crippen LogP contribution in [0.2, 0.25) is 0 Å². The SMILES string of the molecule is COC(=O)NC1CCN(C(=O)[C@@H](C)CC(=O)[C@@H](CC(C)C)NC(=O)[C@H](CC(=O)[C@H](N)Cc2ccccc2)Cc2ccccc2)CC1. The molecule has 4 N–H and O–H groups in total. The van der Waals surface area contributed by atoms with Gasteiger partial charge in [-0.2, -0.15) is 0 Å². The number of likely N-dealkylation sites (tertiary alicyclic amines) is 1. The number of benzene rings is 2. The van der Waals surface area contributed by atoms with E-state index in [1.807, 2.05) is 74.5 Å². The molecule has 3 amide bonds. The van der Waals surface area contributed by atoms with Crippen molar-refractivity contribution in [2.24, 2.45) is 23.5 Å². The lowest BCUT2D eigenvalue weighted by atomic mass is 9.88. The quantitative estimate of drug-likeness (QED) is 0.254. The molecule has 0 bridgehead atoms. The largest absolute Gasteiger partial charge is 0.453 e. The molecule has 10 nitrogen and oxygen atoms in total. The first kappa shape index (κ1) is 36.4. The predicted octanol–water partition coefficient (Wildman–Crippen LogP) is 3.85. The number of hydrogen-bond acceptors (Lipinski definition) is 7. The highest BCUT2D eigenvalue weighted by Gasteiger charge is 2.32. The second-order valence-corrected chi connectivity index (χ2v) is 12.9. The summed E-state index contributed by atoms with van der Waals surface area (Å²) in [6.07, 6.45) is 1.76. The minimum absolute atomic E-state index is 0.0128. The van der Waals surface area contributed by atoms with E-state index in [1.165, 1.54) is 7.11 Å². The van der Waals surface area contributed by atoms with Gasteiger partial charge in [-0.05, 0) is 49.1 Å². The fraction of sp³-hybridized carbons (Fsp3) is 0.528. The number of Topliss-reactive ketones (excluding diaryl/α,β-unsaturated/α-hetero) is 2. The summed E-state index contributed by atoms with van der Waals surface area (Å²) in [5, 5.41) is 5.73. The van der Waals surface area contributed by atoms with Gasteiger partial charge in [-0.25, -0.2) is 4.79 Å². The summed E-state index contributed by atoms with van der Waals surface area (Å²) >= 11 is 0. The third-order valence-electron chi connectivity index (χ3n) is 8.51. The van der Waals surface area contributed by atoms with E-state index in [9.17, 15) is 24.0 Å². The van der Waals surface area contributed by atoms with Gasteiger partial charge in [0.25, 0.3) is 0 Å². The van der Waals surface area contributed by atoms with Crippen molar-refractivity contribution in [3.05, 3.63) is 71.8 Å². The molecule has 0 spiro atoms. The number of nitrogens with two attached hydrogens (primary N) is 1. The summed E-state index contributed by atoms with van der Waals surface area (Å²) in [4.78, 5) is 67.1. The molecule has 0 saturated carbocycles. The number of alkyl carbamates (subject to hydrolysis) is 1. The molecule has 1 heterocycles. The third kappa shape index (κ3) is 11.7. The number of hydrogen-bond donors (Lipinski definition) is 3. The Bertz CT molecular complexity index is 1290. The Balaban J connectivity index is 1.65. The van der Waals surface area contributed by atoms with Crippen molar-refractivity contribution >= 4 is 29.5 Å². The van der Waals surface area contributed by atoms with Gasteiger partial charge in [0.15, 0.2) is 11.6 Å². The van der Waals surface area contributed by atoms with Crippen LogP contribution in [-0.2, 0) is 36.8 Å². The molecular weight excluding hydrogens is 584 g/mol. The van der Waals surface area contributed by atoms with Gasteiger partial charge in [-0.3, -0.25) is 19.2 Å². The van der Waals surface area contributed by atoms with Crippen LogP contribution in [0.5, 0.6) is 0 Å². The molecule has 2 aromatic rings. The van der Waals surface area contributed by atoms with Gasteiger partial charge in [0, 0.05) is 43.8 Å². The first-order valence-corrected chi connectivity index (χ1v) is 16.3. The highest BCUT2D eigenvalue weighted by atomic mass is 16.5. The van der Waals surface area contributed by atoms with Crippen molar-refractivity contribution in [1.82, 2.24) is 15.5 Å². The summed E-state index contributed by atoms with van der Waals surface area (Å²) in [6, 6.07) is 17.4. The van der Waals surface area contributed by atoms with Gasteiger partial charge < -0.3 is 26.0 Å². The molecule has 250 valence electrons. The van der Waals surface area contributed by atoms with E-state index in [0.717, 1.165) is 11.1 Å². The number of nitrogens with one attached hydrogen (secondary N) is 2. The predicted molar refractivity (Wildman–Crippen MR) is 177 cm³/mol. The van der Waals surface area contributed by atoms with Crippen molar-refractivity contribution < 1.29 is 28.7 Å². The van der Waals surface area contributed by atoms with Crippen LogP contribution in [0.25, 0.3) is 0 Å². The van der Waals surface area contributed by atoms with E-state index < -0.39 is 30.0 Å². The molecule has 0 unspecified atom stereocenters. The van der Waals surface area contributed by atoms with E-state index in [1.54, 1.807) is 11.8 Å². The summed E-state index contributed by atoms with van der Waals surface area (Å²) in [6.45, 7) is 6.63. The second-order valence-electron chi connectivity index (χ2n) is 12.9. The molecule has 1 aliphatic heterocycles. The Labute approximate surface area is 272 Å². The standard InChI is InChI=1S/C36H50N4O6/c1-24(2)19-31(33(42)20-25(3)35(44)40-17-15-29(16-18-40)38-36(45)46-4)39-34(43)28(21-26-11-7-5-8-12-26)23-32(41)30(37)22-27-13-9-6-10-14-27/h5-14,24-25,28-31H,15-23,37H2,1-4H3,(H,38,45)(H,39,43)/t25-,28-,30+,31+/m0/s1. The molecule has 4 atom stereocenters. The number of ketones is 2. The minimum Gasteiger partial charge on any atom is -0.453 e. The normalized spacial score (nSPS) is 16.2. The molecule has 0 aromatic heterocycles. The van der Waals surface area contributed by atoms with Crippen LogP contribution in [-0.4, -0.2) is 72.7 Å². The first-order valence-electron chi connectivity index (χ1n) is 16.3. The highest BCUT2D eigenvalue weighted by molar-refractivity contribution is 5.94. The van der Waals surface area contributed by atoms with Crippen molar-refractivity contribution in [3.8, 4) is 0 Å². The van der Waals surface area contributed by atoms with Crippen LogP contribution in [0.4, 0.5) is 4.79 Å². The Hall–Kier alpha value is -4.05. The van der Waals surface area contributed by atoms with Crippen LogP contribution in [0, 0.1) is 17.8 Å². The summed E-state index contributed by atoms with van der Waals surface area (Å²) in [5.41, 5.74) is 8.14. The number of carbonyl (C=O) groups is 5. The smallest absolute Gasteiger partial charge is 0.407 e. The Morgan fingerprint density at radius 3 is 1.96 bits per heavy atom. The number of ether oxygens (including phenoxy) is 1. The number of carbonyl (C=O) groups excluding carboxylic acids is 5. The zero-order chi connectivity index (χ0) is 33.6. The fourth-order valence-electron chi connectivity index (χ4n) is 5.88. The number of piperidine rings is 1. The van der Waals surface area contributed by atoms with E-state index in [4.69, 9.17) is 5.73 Å². The van der Waals surface area contributed by atoms with Crippen molar-refractivity contribution in [3.63, 3.8) is 0 Å². The van der Waals surface area contributed by atoms with Crippen molar-refractivity contribution in [2.75, 3.05) is 20.2 Å². The van der Waals surface area contributed by atoms with Gasteiger partial charge >= 0.3 is 6.09 Å². The van der Waals surface area contributed by atoms with Crippen LogP contribution in [0.1, 0.15) is 64.0 Å². The van der Waals surface area contributed by atoms with Crippen molar-refractivity contribution in [1.29, 1.82) is 0 Å². The monoisotopic (exact) mass is 634 g/mol. The average Bonchev–Trinajstić information content (AvgIpc) is 3.04. The Morgan fingerprint density at radius 1 is 0.848 bits per heavy atom. The topological polar surface area (TPSA) is 148 Å². The first-order chi connectivity index (χ1) is 22.0. The number of rotatable bonds is 16. The van der Waals surface area contributed by atoms with Crippen LogP contribution in [0.15, 0.2) is 60.7 Å². The summed E-state index contributed by atoms with van der Waals surface area (Å²) in [7, 11) is 1.31. The zero-order valence-electron chi connectivity index (χ0n) is 27.6. The van der Waals surface area contributed by atoms with E-state index >= 15 is 0 Å². The van der Waals surface area contributed by atoms with Gasteiger partial charge in [-0.1, -0.05) is 81.4 Å². The van der Waals surface area contributed by atoms with E-state index in [-0.39, 0.29) is 48.2 Å². The fourth-order valence-corrected chi connectivity index (χ4v) is 5.88. The molecule has 2 aromatic carbocycles. The summed E-state index contributed by atoms with van der Waals surface area (Å²) < 4.78 is 4.66. The molecule has 10 heteroatoms. The lowest BCUT2D eigenvalue weighted by Gasteiger charge is -2.34. The van der Waals surface area contributed by atoms with Crippen LogP contribution in [0.3, 0.4) is 0 Å². The maximum absolute atomic E-state index is 13.8. The highest BCUT2D eigenvalue weighted by Crippen LogP contribution is 2.20. The van der Waals surface area contributed by atoms with Crippen molar-refractivity contribution in [2.45, 2.75) is 83.8 Å². The minimum atomic E-state index is -0.788. The average molecular weight is 635 g/mol. The van der Waals surface area contributed by atoms with Crippen LogP contribution < -0.4 is 16.4 Å². The zero-order valence-corrected chi connectivity index (χ0v) is 27.6. The Kier molecular flexibility index (Phi) is 14.4. The number of nitrogens with zero attached hydrogens (tertiary/aromatic N) is 1. The van der Waals surface area contributed by atoms with E-state index in [0.29, 0.717) is 45.2 Å². The molecule has 1 saturated heterocycles. The molecule has 0 radical (unpaired) electrons. The molecule has 3 rings (SSSR count). The van der Waals surface area contributed by atoms with Gasteiger partial charge in [0.2, 0.25) is 11.8 Å². The third-order valence-corrected chi connectivity index (χ3v) is 8.51. The van der Waals surface area contributed by atoms with Gasteiger partial charge in [0.1, 0.15) is 0 Å². The van der Waals surface area contributed by atoms with Crippen LogP contribution >= 0.6 is 0 Å². The molecule has 1 fully saturated rings. The maximum Gasteiger partial charge on any atom is 0.407 e. The second kappa shape index (κ2) is 18.2. The summed E-state index contributed by atoms with van der Waals surface area (Å²) in [5.74, 6) is -2.09. The van der Waals surface area contributed by atoms with Gasteiger partial charge in [-0.15, -0.1) is 0 Å². The Morgan fingerprint density at radius 2 is 1.41 bits per heavy atom. The molecule has 1 aliphatic rings. The number of amides is 3. The molecular formula is C36H50N4O6. The van der Waals surface area contributed by atoms with E-state index in [2.05, 4.69) is 15.4 Å². The molecule has 0 aliphatic carbocycles. The number of methoxy groups -OCH3 is 1.